The lowest BCUT2D eigenvalue weighted by atomic mass is 9.82. The number of nitrogens with one attached hydrogen (secondary N) is 1. The number of urea groups is 1. The van der Waals surface area contributed by atoms with Crippen LogP contribution in [0.2, 0.25) is 0 Å². The summed E-state index contributed by atoms with van der Waals surface area (Å²) in [6, 6.07) is -0.00872. The second-order valence-corrected chi connectivity index (χ2v) is 6.22. The first-order valence-electron chi connectivity index (χ1n) is 7.27. The number of carbonyl (C=O) groups excluding carboxylic acids is 1. The van der Waals surface area contributed by atoms with Gasteiger partial charge in [0.15, 0.2) is 0 Å². The zero-order valence-corrected chi connectivity index (χ0v) is 11.8. The first-order valence-corrected chi connectivity index (χ1v) is 7.27. The number of carboxylic acids is 1. The Kier molecular flexibility index (Phi) is 4.02. The Balaban J connectivity index is 2.05. The van der Waals surface area contributed by atoms with Gasteiger partial charge in [-0.05, 0) is 32.1 Å². The minimum Gasteiger partial charge on any atom is -0.480 e. The van der Waals surface area contributed by atoms with Crippen molar-refractivity contribution in [3.8, 4) is 0 Å². The number of hydrogen-bond donors (Lipinski definition) is 2. The van der Waals surface area contributed by atoms with Gasteiger partial charge >= 0.3 is 12.0 Å². The zero-order chi connectivity index (χ0) is 14.0. The summed E-state index contributed by atoms with van der Waals surface area (Å²) in [6.07, 6.45) is 4.89. The molecule has 2 atom stereocenters. The molecule has 1 aliphatic carbocycles. The van der Waals surface area contributed by atoms with E-state index < -0.39 is 11.5 Å². The van der Waals surface area contributed by atoms with Crippen molar-refractivity contribution in [2.45, 2.75) is 64.0 Å². The molecular weight excluding hydrogens is 244 g/mol. The number of likely N-dealkylation sites (tertiary alicyclic amines) is 1. The van der Waals surface area contributed by atoms with E-state index in [0.717, 1.165) is 32.2 Å². The largest absolute Gasteiger partial charge is 0.480 e. The number of aliphatic carboxylic acids is 1. The van der Waals surface area contributed by atoms with Crippen LogP contribution < -0.4 is 5.32 Å². The lowest BCUT2D eigenvalue weighted by molar-refractivity contribution is -0.146. The van der Waals surface area contributed by atoms with Crippen molar-refractivity contribution >= 4 is 12.0 Å². The SMILES string of the molecule is CC1CC(C)N(C(=O)NC2(C(=O)O)CCCCC2)C1. The number of carbonyl (C=O) groups is 2. The Labute approximate surface area is 114 Å². The Hall–Kier alpha value is -1.26. The molecule has 2 aliphatic rings. The highest BCUT2D eigenvalue weighted by atomic mass is 16.4. The van der Waals surface area contributed by atoms with E-state index >= 15 is 0 Å². The molecule has 0 aromatic carbocycles. The summed E-state index contributed by atoms with van der Waals surface area (Å²) < 4.78 is 0. The molecule has 2 N–H and O–H groups in total. The lowest BCUT2D eigenvalue weighted by Crippen LogP contribution is -2.59. The number of nitrogens with zero attached hydrogens (tertiary/aromatic N) is 1. The summed E-state index contributed by atoms with van der Waals surface area (Å²) in [4.78, 5) is 25.7. The van der Waals surface area contributed by atoms with Crippen molar-refractivity contribution in [3.05, 3.63) is 0 Å². The van der Waals surface area contributed by atoms with Gasteiger partial charge < -0.3 is 15.3 Å². The Morgan fingerprint density at radius 1 is 1.21 bits per heavy atom. The second-order valence-electron chi connectivity index (χ2n) is 6.22. The Morgan fingerprint density at radius 3 is 2.32 bits per heavy atom. The summed E-state index contributed by atoms with van der Waals surface area (Å²) in [5.74, 6) is -0.395. The molecule has 2 rings (SSSR count). The fraction of sp³-hybridized carbons (Fsp3) is 0.857. The van der Waals surface area contributed by atoms with Crippen molar-refractivity contribution in [1.82, 2.24) is 10.2 Å². The third-order valence-electron chi connectivity index (χ3n) is 4.51. The maximum Gasteiger partial charge on any atom is 0.329 e. The van der Waals surface area contributed by atoms with Gasteiger partial charge in [-0.15, -0.1) is 0 Å². The average Bonchev–Trinajstić information content (AvgIpc) is 2.69. The van der Waals surface area contributed by atoms with Gasteiger partial charge in [-0.25, -0.2) is 9.59 Å². The van der Waals surface area contributed by atoms with Crippen LogP contribution in [0.5, 0.6) is 0 Å². The van der Waals surface area contributed by atoms with Gasteiger partial charge in [-0.3, -0.25) is 0 Å². The topological polar surface area (TPSA) is 69.6 Å². The monoisotopic (exact) mass is 268 g/mol. The predicted molar refractivity (Wildman–Crippen MR) is 71.9 cm³/mol. The average molecular weight is 268 g/mol. The fourth-order valence-corrected chi connectivity index (χ4v) is 3.41. The number of rotatable bonds is 2. The van der Waals surface area contributed by atoms with Gasteiger partial charge in [0.2, 0.25) is 0 Å². The van der Waals surface area contributed by atoms with Crippen molar-refractivity contribution in [1.29, 1.82) is 0 Å². The van der Waals surface area contributed by atoms with E-state index in [0.29, 0.717) is 18.8 Å². The summed E-state index contributed by atoms with van der Waals surface area (Å²) in [7, 11) is 0. The molecule has 2 amide bonds. The van der Waals surface area contributed by atoms with Crippen LogP contribution in [-0.4, -0.2) is 40.1 Å². The molecular formula is C14H24N2O3. The van der Waals surface area contributed by atoms with Crippen molar-refractivity contribution in [2.24, 2.45) is 5.92 Å². The van der Waals surface area contributed by atoms with E-state index in [1.165, 1.54) is 0 Å². The third kappa shape index (κ3) is 2.85. The molecule has 0 bridgehead atoms. The van der Waals surface area contributed by atoms with E-state index in [1.807, 2.05) is 6.92 Å². The van der Waals surface area contributed by atoms with Crippen molar-refractivity contribution in [2.75, 3.05) is 6.54 Å². The molecule has 5 heteroatoms. The third-order valence-corrected chi connectivity index (χ3v) is 4.51. The van der Waals surface area contributed by atoms with E-state index in [4.69, 9.17) is 0 Å². The Bertz CT molecular complexity index is 364. The fourth-order valence-electron chi connectivity index (χ4n) is 3.41. The maximum absolute atomic E-state index is 12.3. The van der Waals surface area contributed by atoms with Crippen molar-refractivity contribution in [3.63, 3.8) is 0 Å². The standard InChI is InChI=1S/C14H24N2O3/c1-10-8-11(2)16(9-10)13(19)15-14(12(17)18)6-4-3-5-7-14/h10-11H,3-9H2,1-2H3,(H,15,19)(H,17,18). The molecule has 1 heterocycles. The number of carboxylic acid groups (broad SMARTS) is 1. The highest BCUT2D eigenvalue weighted by molar-refractivity contribution is 5.86. The number of hydrogen-bond acceptors (Lipinski definition) is 2. The van der Waals surface area contributed by atoms with Gasteiger partial charge in [0.25, 0.3) is 0 Å². The molecule has 2 unspecified atom stereocenters. The summed E-state index contributed by atoms with van der Waals surface area (Å²) >= 11 is 0. The van der Waals surface area contributed by atoms with E-state index in [-0.39, 0.29) is 12.1 Å². The van der Waals surface area contributed by atoms with Crippen LogP contribution in [0.15, 0.2) is 0 Å². The van der Waals surface area contributed by atoms with Crippen LogP contribution in [-0.2, 0) is 4.79 Å². The van der Waals surface area contributed by atoms with Gasteiger partial charge in [0.1, 0.15) is 5.54 Å². The molecule has 0 radical (unpaired) electrons. The summed E-state index contributed by atoms with van der Waals surface area (Å²) in [6.45, 7) is 4.87. The molecule has 5 nitrogen and oxygen atoms in total. The first kappa shape index (κ1) is 14.2. The highest BCUT2D eigenvalue weighted by Gasteiger charge is 2.43. The molecule has 0 spiro atoms. The van der Waals surface area contributed by atoms with E-state index in [1.54, 1.807) is 4.90 Å². The molecule has 1 saturated heterocycles. The smallest absolute Gasteiger partial charge is 0.329 e. The second kappa shape index (κ2) is 5.39. The van der Waals surface area contributed by atoms with Crippen LogP contribution in [0.4, 0.5) is 4.79 Å². The van der Waals surface area contributed by atoms with Crippen LogP contribution in [0, 0.1) is 5.92 Å². The molecule has 108 valence electrons. The minimum atomic E-state index is -1.04. The summed E-state index contributed by atoms with van der Waals surface area (Å²) in [5.41, 5.74) is -1.04. The summed E-state index contributed by atoms with van der Waals surface area (Å²) in [5, 5.41) is 12.3. The number of amides is 2. The van der Waals surface area contributed by atoms with Crippen LogP contribution in [0.3, 0.4) is 0 Å². The normalized spacial score (nSPS) is 30.1. The van der Waals surface area contributed by atoms with E-state index in [9.17, 15) is 14.7 Å². The van der Waals surface area contributed by atoms with Gasteiger partial charge in [-0.1, -0.05) is 26.2 Å². The molecule has 0 aromatic rings. The molecule has 2 fully saturated rings. The lowest BCUT2D eigenvalue weighted by Gasteiger charge is -2.36. The molecule has 19 heavy (non-hydrogen) atoms. The van der Waals surface area contributed by atoms with Gasteiger partial charge in [0.05, 0.1) is 0 Å². The minimum absolute atomic E-state index is 0.199. The molecule has 1 aliphatic heterocycles. The molecule has 1 saturated carbocycles. The Morgan fingerprint density at radius 2 is 1.84 bits per heavy atom. The van der Waals surface area contributed by atoms with Crippen LogP contribution in [0.1, 0.15) is 52.4 Å². The van der Waals surface area contributed by atoms with Crippen LogP contribution >= 0.6 is 0 Å². The highest BCUT2D eigenvalue weighted by Crippen LogP contribution is 2.30. The van der Waals surface area contributed by atoms with Gasteiger partial charge in [0, 0.05) is 12.6 Å². The molecule has 0 aromatic heterocycles. The first-order chi connectivity index (χ1) is 8.94. The quantitative estimate of drug-likeness (QED) is 0.806. The van der Waals surface area contributed by atoms with E-state index in [2.05, 4.69) is 12.2 Å². The predicted octanol–water partition coefficient (Wildman–Crippen LogP) is 2.21. The van der Waals surface area contributed by atoms with Gasteiger partial charge in [-0.2, -0.15) is 0 Å². The van der Waals surface area contributed by atoms with Crippen molar-refractivity contribution < 1.29 is 14.7 Å². The zero-order valence-electron chi connectivity index (χ0n) is 11.8. The maximum atomic E-state index is 12.3. The van der Waals surface area contributed by atoms with Crippen LogP contribution in [0.25, 0.3) is 0 Å².